The number of halogens is 1. The van der Waals surface area contributed by atoms with Gasteiger partial charge in [-0.3, -0.25) is 9.59 Å². The molecular weight excluding hydrogens is 324 g/mol. The van der Waals surface area contributed by atoms with Gasteiger partial charge in [-0.25, -0.2) is 0 Å². The summed E-state index contributed by atoms with van der Waals surface area (Å²) in [5, 5.41) is 3.51. The molecule has 2 amide bonds. The molecule has 0 fully saturated rings. The highest BCUT2D eigenvalue weighted by atomic mass is 35.5. The van der Waals surface area contributed by atoms with Gasteiger partial charge in [-0.15, -0.1) is 0 Å². The standard InChI is InChI=1S/C19H21ClN2O2/c1-14-6-3-4-9-18(14)21-19(24)13-22(15(2)23)11-10-16-7-5-8-17(20)12-16/h3-9,12H,10-11,13H2,1-2H3,(H,21,24). The van der Waals surface area contributed by atoms with Crippen molar-refractivity contribution < 1.29 is 9.59 Å². The average molecular weight is 345 g/mol. The van der Waals surface area contributed by atoms with Gasteiger partial charge < -0.3 is 10.2 Å². The van der Waals surface area contributed by atoms with Gasteiger partial charge in [0.2, 0.25) is 11.8 Å². The van der Waals surface area contributed by atoms with Gasteiger partial charge in [0.1, 0.15) is 0 Å². The molecule has 0 aliphatic rings. The molecule has 0 aromatic heterocycles. The average Bonchev–Trinajstić information content (AvgIpc) is 2.53. The minimum atomic E-state index is -0.203. The normalized spacial score (nSPS) is 10.3. The topological polar surface area (TPSA) is 49.4 Å². The van der Waals surface area contributed by atoms with Crippen molar-refractivity contribution in [2.24, 2.45) is 0 Å². The Morgan fingerprint density at radius 2 is 1.88 bits per heavy atom. The Labute approximate surface area is 147 Å². The first-order valence-electron chi connectivity index (χ1n) is 7.81. The smallest absolute Gasteiger partial charge is 0.244 e. The van der Waals surface area contributed by atoms with Crippen LogP contribution < -0.4 is 5.32 Å². The highest BCUT2D eigenvalue weighted by molar-refractivity contribution is 6.30. The predicted octanol–water partition coefficient (Wildman–Crippen LogP) is 3.68. The Morgan fingerprint density at radius 1 is 1.12 bits per heavy atom. The predicted molar refractivity (Wildman–Crippen MR) is 97.2 cm³/mol. The molecular formula is C19H21ClN2O2. The molecule has 24 heavy (non-hydrogen) atoms. The van der Waals surface area contributed by atoms with Crippen LogP contribution in [0.25, 0.3) is 0 Å². The third-order valence-electron chi connectivity index (χ3n) is 3.76. The molecule has 0 spiro atoms. The molecule has 0 saturated heterocycles. The number of nitrogens with zero attached hydrogens (tertiary/aromatic N) is 1. The van der Waals surface area contributed by atoms with Crippen LogP contribution in [0.3, 0.4) is 0 Å². The lowest BCUT2D eigenvalue weighted by atomic mass is 10.1. The van der Waals surface area contributed by atoms with Crippen molar-refractivity contribution in [2.45, 2.75) is 20.3 Å². The van der Waals surface area contributed by atoms with E-state index in [1.54, 1.807) is 0 Å². The van der Waals surface area contributed by atoms with Crippen molar-refractivity contribution in [3.63, 3.8) is 0 Å². The SMILES string of the molecule is CC(=O)N(CCc1cccc(Cl)c1)CC(=O)Nc1ccccc1C. The second kappa shape index (κ2) is 8.50. The molecule has 0 saturated carbocycles. The quantitative estimate of drug-likeness (QED) is 0.869. The Kier molecular flexibility index (Phi) is 6.38. The molecule has 0 heterocycles. The van der Waals surface area contributed by atoms with Crippen LogP contribution in [0.15, 0.2) is 48.5 Å². The van der Waals surface area contributed by atoms with Gasteiger partial charge in [-0.1, -0.05) is 41.9 Å². The molecule has 5 heteroatoms. The van der Waals surface area contributed by atoms with Crippen LogP contribution in [0.2, 0.25) is 5.02 Å². The summed E-state index contributed by atoms with van der Waals surface area (Å²) in [6.07, 6.45) is 0.651. The number of nitrogens with one attached hydrogen (secondary N) is 1. The van der Waals surface area contributed by atoms with Crippen molar-refractivity contribution in [3.8, 4) is 0 Å². The summed E-state index contributed by atoms with van der Waals surface area (Å²) in [5.41, 5.74) is 2.79. The largest absolute Gasteiger partial charge is 0.333 e. The third-order valence-corrected chi connectivity index (χ3v) is 3.99. The number of hydrogen-bond acceptors (Lipinski definition) is 2. The molecule has 2 aromatic carbocycles. The maximum absolute atomic E-state index is 12.2. The van der Waals surface area contributed by atoms with E-state index in [-0.39, 0.29) is 18.4 Å². The van der Waals surface area contributed by atoms with Crippen LogP contribution in [0.1, 0.15) is 18.1 Å². The molecule has 126 valence electrons. The van der Waals surface area contributed by atoms with Crippen molar-refractivity contribution >= 4 is 29.1 Å². The number of benzene rings is 2. The third kappa shape index (κ3) is 5.39. The van der Waals surface area contributed by atoms with Gasteiger partial charge in [0.25, 0.3) is 0 Å². The van der Waals surface area contributed by atoms with Crippen molar-refractivity contribution in [2.75, 3.05) is 18.4 Å². The lowest BCUT2D eigenvalue weighted by Crippen LogP contribution is -2.38. The van der Waals surface area contributed by atoms with Crippen molar-refractivity contribution in [1.82, 2.24) is 4.90 Å². The van der Waals surface area contributed by atoms with Gasteiger partial charge in [0.15, 0.2) is 0 Å². The summed E-state index contributed by atoms with van der Waals surface area (Å²) in [5.74, 6) is -0.331. The second-order valence-corrected chi connectivity index (χ2v) is 6.12. The Hall–Kier alpha value is -2.33. The molecule has 0 bridgehead atoms. The molecule has 2 aromatic rings. The van der Waals surface area contributed by atoms with E-state index in [9.17, 15) is 9.59 Å². The van der Waals surface area contributed by atoms with Gasteiger partial charge in [-0.2, -0.15) is 0 Å². The number of para-hydroxylation sites is 1. The Bertz CT molecular complexity index is 731. The molecule has 0 radical (unpaired) electrons. The first-order chi connectivity index (χ1) is 11.5. The minimum absolute atomic E-state index is 0.0320. The first-order valence-corrected chi connectivity index (χ1v) is 8.19. The summed E-state index contributed by atoms with van der Waals surface area (Å²) in [4.78, 5) is 25.6. The summed E-state index contributed by atoms with van der Waals surface area (Å²) in [6, 6.07) is 15.1. The summed E-state index contributed by atoms with van der Waals surface area (Å²) in [7, 11) is 0. The zero-order chi connectivity index (χ0) is 17.5. The highest BCUT2D eigenvalue weighted by Gasteiger charge is 2.14. The fraction of sp³-hybridized carbons (Fsp3) is 0.263. The van der Waals surface area contributed by atoms with Crippen molar-refractivity contribution in [1.29, 1.82) is 0 Å². The van der Waals surface area contributed by atoms with E-state index < -0.39 is 0 Å². The number of carbonyl (C=O) groups is 2. The van der Waals surface area contributed by atoms with Crippen LogP contribution in [0.5, 0.6) is 0 Å². The van der Waals surface area contributed by atoms with Crippen LogP contribution in [-0.4, -0.2) is 29.8 Å². The lowest BCUT2D eigenvalue weighted by Gasteiger charge is -2.21. The van der Waals surface area contributed by atoms with Crippen molar-refractivity contribution in [3.05, 3.63) is 64.7 Å². The number of rotatable bonds is 6. The number of hydrogen-bond donors (Lipinski definition) is 1. The van der Waals surface area contributed by atoms with Crippen LogP contribution in [0.4, 0.5) is 5.69 Å². The highest BCUT2D eigenvalue weighted by Crippen LogP contribution is 2.14. The number of aryl methyl sites for hydroxylation is 1. The summed E-state index contributed by atoms with van der Waals surface area (Å²) in [6.45, 7) is 3.90. The van der Waals surface area contributed by atoms with E-state index in [1.807, 2.05) is 55.5 Å². The maximum Gasteiger partial charge on any atom is 0.244 e. The number of anilines is 1. The summed E-state index contributed by atoms with van der Waals surface area (Å²) >= 11 is 5.97. The Morgan fingerprint density at radius 3 is 2.54 bits per heavy atom. The van der Waals surface area contributed by atoms with E-state index in [0.717, 1.165) is 16.8 Å². The van der Waals surface area contributed by atoms with Crippen LogP contribution in [-0.2, 0) is 16.0 Å². The molecule has 1 N–H and O–H groups in total. The lowest BCUT2D eigenvalue weighted by molar-refractivity contribution is -0.132. The molecule has 2 rings (SSSR count). The van der Waals surface area contributed by atoms with E-state index in [4.69, 9.17) is 11.6 Å². The molecule has 0 unspecified atom stereocenters. The summed E-state index contributed by atoms with van der Waals surface area (Å²) < 4.78 is 0. The second-order valence-electron chi connectivity index (χ2n) is 5.68. The van der Waals surface area contributed by atoms with Crippen LogP contribution >= 0.6 is 11.6 Å². The zero-order valence-corrected chi connectivity index (χ0v) is 14.6. The molecule has 4 nitrogen and oxygen atoms in total. The van der Waals surface area contributed by atoms with Crippen LogP contribution in [0, 0.1) is 6.92 Å². The zero-order valence-electron chi connectivity index (χ0n) is 13.9. The van der Waals surface area contributed by atoms with E-state index in [1.165, 1.54) is 11.8 Å². The molecule has 0 aliphatic carbocycles. The van der Waals surface area contributed by atoms with Gasteiger partial charge >= 0.3 is 0 Å². The Balaban J connectivity index is 1.94. The van der Waals surface area contributed by atoms with E-state index in [0.29, 0.717) is 18.0 Å². The first kappa shape index (κ1) is 18.0. The fourth-order valence-electron chi connectivity index (χ4n) is 2.38. The maximum atomic E-state index is 12.2. The molecule has 0 aliphatic heterocycles. The van der Waals surface area contributed by atoms with E-state index >= 15 is 0 Å². The number of amides is 2. The molecule has 0 atom stereocenters. The van der Waals surface area contributed by atoms with E-state index in [2.05, 4.69) is 5.32 Å². The number of carbonyl (C=O) groups excluding carboxylic acids is 2. The fourth-order valence-corrected chi connectivity index (χ4v) is 2.59. The minimum Gasteiger partial charge on any atom is -0.333 e. The van der Waals surface area contributed by atoms with Gasteiger partial charge in [0.05, 0.1) is 6.54 Å². The monoisotopic (exact) mass is 344 g/mol. The van der Waals surface area contributed by atoms with Gasteiger partial charge in [0, 0.05) is 24.2 Å². The van der Waals surface area contributed by atoms with Gasteiger partial charge in [-0.05, 0) is 42.7 Å².